The van der Waals surface area contributed by atoms with Crippen molar-refractivity contribution >= 4 is 18.0 Å². The maximum absolute atomic E-state index is 11.5. The molecule has 0 fully saturated rings. The molecule has 0 aliphatic heterocycles. The van der Waals surface area contributed by atoms with Crippen LogP contribution in [0.4, 0.5) is 4.79 Å². The first-order valence-electron chi connectivity index (χ1n) is 5.75. The van der Waals surface area contributed by atoms with Crippen molar-refractivity contribution < 1.29 is 24.2 Å². The van der Waals surface area contributed by atoms with Crippen molar-refractivity contribution in [1.29, 1.82) is 0 Å². The summed E-state index contributed by atoms with van der Waals surface area (Å²) in [5.74, 6) is -1.70. The fourth-order valence-electron chi connectivity index (χ4n) is 1.10. The Labute approximate surface area is 106 Å². The monoisotopic (exact) mass is 260 g/mol. The SMILES string of the molecule is CCOC(=O)C(C)NC(=O)NC(C)(CC)C(=O)O. The molecule has 0 saturated carbocycles. The Morgan fingerprint density at radius 1 is 1.33 bits per heavy atom. The zero-order chi connectivity index (χ0) is 14.3. The molecule has 0 bridgehead atoms. The number of nitrogens with one attached hydrogen (secondary N) is 2. The van der Waals surface area contributed by atoms with Crippen molar-refractivity contribution in [2.75, 3.05) is 6.61 Å². The molecule has 0 aromatic carbocycles. The standard InChI is InChI=1S/C11H20N2O5/c1-5-11(4,9(15)16)13-10(17)12-7(3)8(14)18-6-2/h7H,5-6H2,1-4H3,(H,15,16)(H2,12,13,17). The van der Waals surface area contributed by atoms with E-state index >= 15 is 0 Å². The number of carboxylic acids is 1. The Hall–Kier alpha value is -1.79. The van der Waals surface area contributed by atoms with Crippen LogP contribution in [0.1, 0.15) is 34.1 Å². The molecule has 0 aliphatic rings. The maximum atomic E-state index is 11.5. The number of carboxylic acid groups (broad SMARTS) is 1. The summed E-state index contributed by atoms with van der Waals surface area (Å²) < 4.78 is 4.71. The molecule has 0 heterocycles. The zero-order valence-corrected chi connectivity index (χ0v) is 11.1. The minimum absolute atomic E-state index is 0.217. The molecule has 2 unspecified atom stereocenters. The Morgan fingerprint density at radius 2 is 1.89 bits per heavy atom. The summed E-state index contributed by atoms with van der Waals surface area (Å²) in [4.78, 5) is 33.8. The first-order valence-corrected chi connectivity index (χ1v) is 5.75. The lowest BCUT2D eigenvalue weighted by molar-refractivity contribution is -0.144. The predicted molar refractivity (Wildman–Crippen MR) is 64.1 cm³/mol. The van der Waals surface area contributed by atoms with Gasteiger partial charge in [0, 0.05) is 0 Å². The smallest absolute Gasteiger partial charge is 0.329 e. The number of esters is 1. The predicted octanol–water partition coefficient (Wildman–Crippen LogP) is 0.491. The Kier molecular flexibility index (Phi) is 6.15. The van der Waals surface area contributed by atoms with Gasteiger partial charge in [-0.1, -0.05) is 6.92 Å². The van der Waals surface area contributed by atoms with Crippen LogP contribution >= 0.6 is 0 Å². The molecule has 2 atom stereocenters. The summed E-state index contributed by atoms with van der Waals surface area (Å²) in [7, 11) is 0. The second-order valence-electron chi connectivity index (χ2n) is 4.06. The van der Waals surface area contributed by atoms with Gasteiger partial charge in [0.25, 0.3) is 0 Å². The van der Waals surface area contributed by atoms with Gasteiger partial charge in [-0.2, -0.15) is 0 Å². The lowest BCUT2D eigenvalue weighted by Gasteiger charge is -2.25. The third kappa shape index (κ3) is 4.60. The lowest BCUT2D eigenvalue weighted by Crippen LogP contribution is -2.57. The molecule has 0 saturated heterocycles. The highest BCUT2D eigenvalue weighted by molar-refractivity contribution is 5.88. The van der Waals surface area contributed by atoms with E-state index in [-0.39, 0.29) is 13.0 Å². The van der Waals surface area contributed by atoms with Crippen molar-refractivity contribution in [3.05, 3.63) is 0 Å². The van der Waals surface area contributed by atoms with E-state index in [2.05, 4.69) is 10.6 Å². The number of carbonyl (C=O) groups is 3. The van der Waals surface area contributed by atoms with Gasteiger partial charge in [-0.25, -0.2) is 14.4 Å². The van der Waals surface area contributed by atoms with Gasteiger partial charge in [0.1, 0.15) is 11.6 Å². The van der Waals surface area contributed by atoms with Gasteiger partial charge in [0.2, 0.25) is 0 Å². The number of amides is 2. The van der Waals surface area contributed by atoms with E-state index in [1.165, 1.54) is 13.8 Å². The molecule has 0 aromatic rings. The lowest BCUT2D eigenvalue weighted by atomic mass is 10.00. The molecule has 7 nitrogen and oxygen atoms in total. The van der Waals surface area contributed by atoms with Crippen LogP contribution in [0, 0.1) is 0 Å². The summed E-state index contributed by atoms with van der Waals surface area (Å²) >= 11 is 0. The van der Waals surface area contributed by atoms with Gasteiger partial charge >= 0.3 is 18.0 Å². The van der Waals surface area contributed by atoms with E-state index < -0.39 is 29.6 Å². The van der Waals surface area contributed by atoms with Gasteiger partial charge in [-0.15, -0.1) is 0 Å². The molecule has 0 aliphatic carbocycles. The Bertz CT molecular complexity index is 331. The van der Waals surface area contributed by atoms with E-state index in [9.17, 15) is 14.4 Å². The van der Waals surface area contributed by atoms with Crippen LogP contribution < -0.4 is 10.6 Å². The summed E-state index contributed by atoms with van der Waals surface area (Å²) in [6.45, 7) is 6.37. The molecular formula is C11H20N2O5. The van der Waals surface area contributed by atoms with Gasteiger partial charge in [-0.3, -0.25) is 0 Å². The quantitative estimate of drug-likeness (QED) is 0.603. The summed E-state index contributed by atoms with van der Waals surface area (Å²) in [6.07, 6.45) is 0.226. The van der Waals surface area contributed by atoms with Gasteiger partial charge < -0.3 is 20.5 Å². The second-order valence-corrected chi connectivity index (χ2v) is 4.06. The van der Waals surface area contributed by atoms with E-state index in [1.807, 2.05) is 0 Å². The van der Waals surface area contributed by atoms with Crippen molar-refractivity contribution in [2.45, 2.75) is 45.7 Å². The Balaban J connectivity index is 4.43. The van der Waals surface area contributed by atoms with Crippen molar-refractivity contribution in [2.24, 2.45) is 0 Å². The summed E-state index contributed by atoms with van der Waals surface area (Å²) in [5, 5.41) is 13.6. The Morgan fingerprint density at radius 3 is 2.28 bits per heavy atom. The number of carbonyl (C=O) groups excluding carboxylic acids is 2. The molecule has 0 radical (unpaired) electrons. The topological polar surface area (TPSA) is 105 Å². The fraction of sp³-hybridized carbons (Fsp3) is 0.727. The fourth-order valence-corrected chi connectivity index (χ4v) is 1.10. The first kappa shape index (κ1) is 16.2. The van der Waals surface area contributed by atoms with Crippen LogP contribution in [-0.4, -0.2) is 41.3 Å². The van der Waals surface area contributed by atoms with Crippen molar-refractivity contribution in [3.63, 3.8) is 0 Å². The van der Waals surface area contributed by atoms with Gasteiger partial charge in [0.05, 0.1) is 6.61 Å². The average molecular weight is 260 g/mol. The molecule has 2 amide bonds. The largest absolute Gasteiger partial charge is 0.480 e. The molecule has 104 valence electrons. The van der Waals surface area contributed by atoms with E-state index in [4.69, 9.17) is 9.84 Å². The number of rotatable bonds is 6. The number of urea groups is 1. The summed E-state index contributed by atoms with van der Waals surface area (Å²) in [6, 6.07) is -1.55. The minimum atomic E-state index is -1.36. The molecule has 0 aromatic heterocycles. The number of hydrogen-bond donors (Lipinski definition) is 3. The first-order chi connectivity index (χ1) is 8.26. The van der Waals surface area contributed by atoms with Crippen LogP contribution in [-0.2, 0) is 14.3 Å². The van der Waals surface area contributed by atoms with Crippen LogP contribution in [0.3, 0.4) is 0 Å². The van der Waals surface area contributed by atoms with Crippen molar-refractivity contribution in [1.82, 2.24) is 10.6 Å². The third-order valence-corrected chi connectivity index (χ3v) is 2.56. The highest BCUT2D eigenvalue weighted by Gasteiger charge is 2.33. The van der Waals surface area contributed by atoms with Crippen molar-refractivity contribution in [3.8, 4) is 0 Å². The summed E-state index contributed by atoms with van der Waals surface area (Å²) in [5.41, 5.74) is -1.36. The van der Waals surface area contributed by atoms with Crippen LogP contribution in [0.15, 0.2) is 0 Å². The highest BCUT2D eigenvalue weighted by atomic mass is 16.5. The normalized spacial score (nSPS) is 15.1. The van der Waals surface area contributed by atoms with E-state index in [1.54, 1.807) is 13.8 Å². The highest BCUT2D eigenvalue weighted by Crippen LogP contribution is 2.08. The van der Waals surface area contributed by atoms with Gasteiger partial charge in [-0.05, 0) is 27.2 Å². The zero-order valence-electron chi connectivity index (χ0n) is 11.1. The number of aliphatic carboxylic acids is 1. The molecule has 18 heavy (non-hydrogen) atoms. The molecule has 3 N–H and O–H groups in total. The van der Waals surface area contributed by atoms with Crippen LogP contribution in [0.25, 0.3) is 0 Å². The molecule has 7 heteroatoms. The third-order valence-electron chi connectivity index (χ3n) is 2.56. The van der Waals surface area contributed by atoms with Crippen LogP contribution in [0.2, 0.25) is 0 Å². The molecular weight excluding hydrogens is 240 g/mol. The molecule has 0 rings (SSSR count). The minimum Gasteiger partial charge on any atom is -0.480 e. The number of ether oxygens (including phenoxy) is 1. The van der Waals surface area contributed by atoms with E-state index in [0.29, 0.717) is 0 Å². The van der Waals surface area contributed by atoms with Gasteiger partial charge in [0.15, 0.2) is 0 Å². The van der Waals surface area contributed by atoms with E-state index in [0.717, 1.165) is 0 Å². The second kappa shape index (κ2) is 6.83. The maximum Gasteiger partial charge on any atom is 0.329 e. The average Bonchev–Trinajstić information content (AvgIpc) is 2.28. The molecule has 0 spiro atoms. The number of hydrogen-bond acceptors (Lipinski definition) is 4. The van der Waals surface area contributed by atoms with Crippen LogP contribution in [0.5, 0.6) is 0 Å².